The third-order valence-corrected chi connectivity index (χ3v) is 2.89. The molecule has 2 N–H and O–H groups in total. The Bertz CT molecular complexity index is 705. The van der Waals surface area contributed by atoms with Crippen LogP contribution in [-0.2, 0) is 6.54 Å². The maximum Gasteiger partial charge on any atom is 0.253 e. The highest BCUT2D eigenvalue weighted by Gasteiger charge is 2.06. The fourth-order valence-corrected chi connectivity index (χ4v) is 1.92. The Morgan fingerprint density at radius 1 is 1.33 bits per heavy atom. The van der Waals surface area contributed by atoms with Crippen LogP contribution in [0.5, 0.6) is 0 Å². The molecule has 0 saturated heterocycles. The smallest absolute Gasteiger partial charge is 0.253 e. The van der Waals surface area contributed by atoms with Crippen molar-refractivity contribution in [3.8, 4) is 11.8 Å². The van der Waals surface area contributed by atoms with Crippen molar-refractivity contribution < 1.29 is 9.90 Å². The number of nitrogens with one attached hydrogen (secondary N) is 1. The molecule has 0 aliphatic heterocycles. The van der Waals surface area contributed by atoms with E-state index in [4.69, 9.17) is 16.7 Å². The van der Waals surface area contributed by atoms with Crippen LogP contribution in [-0.4, -0.2) is 22.6 Å². The number of pyridine rings is 1. The molecule has 0 atom stereocenters. The van der Waals surface area contributed by atoms with Crippen molar-refractivity contribution in [3.63, 3.8) is 0 Å². The Labute approximate surface area is 127 Å². The summed E-state index contributed by atoms with van der Waals surface area (Å²) < 4.78 is 0. The first-order valence-corrected chi connectivity index (χ1v) is 6.64. The highest BCUT2D eigenvalue weighted by molar-refractivity contribution is 6.30. The molecule has 1 aromatic heterocycles. The van der Waals surface area contributed by atoms with Crippen LogP contribution in [0.4, 0.5) is 0 Å². The van der Waals surface area contributed by atoms with E-state index in [2.05, 4.69) is 22.1 Å². The molecule has 0 radical (unpaired) electrons. The zero-order valence-corrected chi connectivity index (χ0v) is 11.9. The number of hydrogen-bond donors (Lipinski definition) is 2. The summed E-state index contributed by atoms with van der Waals surface area (Å²) in [5.74, 6) is 4.98. The first kappa shape index (κ1) is 15.0. The molecular formula is C16H13ClN2O2. The maximum atomic E-state index is 12.0. The monoisotopic (exact) mass is 300 g/mol. The van der Waals surface area contributed by atoms with Crippen LogP contribution in [0.25, 0.3) is 0 Å². The molecule has 1 aromatic carbocycles. The van der Waals surface area contributed by atoms with Crippen LogP contribution < -0.4 is 5.32 Å². The van der Waals surface area contributed by atoms with Gasteiger partial charge in [-0.1, -0.05) is 35.6 Å². The van der Waals surface area contributed by atoms with Gasteiger partial charge in [0.25, 0.3) is 5.91 Å². The van der Waals surface area contributed by atoms with Crippen molar-refractivity contribution in [1.29, 1.82) is 0 Å². The highest BCUT2D eigenvalue weighted by Crippen LogP contribution is 2.10. The van der Waals surface area contributed by atoms with Crippen molar-refractivity contribution in [2.45, 2.75) is 6.54 Å². The number of rotatable bonds is 3. The average molecular weight is 301 g/mol. The van der Waals surface area contributed by atoms with Gasteiger partial charge in [0.1, 0.15) is 6.61 Å². The molecule has 4 nitrogen and oxygen atoms in total. The molecule has 0 spiro atoms. The largest absolute Gasteiger partial charge is 0.384 e. The summed E-state index contributed by atoms with van der Waals surface area (Å²) in [5, 5.41) is 12.1. The van der Waals surface area contributed by atoms with Crippen molar-refractivity contribution in [2.24, 2.45) is 0 Å². The normalized spacial score (nSPS) is 9.62. The predicted molar refractivity (Wildman–Crippen MR) is 80.8 cm³/mol. The molecule has 5 heteroatoms. The first-order chi connectivity index (χ1) is 10.2. The van der Waals surface area contributed by atoms with Gasteiger partial charge >= 0.3 is 0 Å². The summed E-state index contributed by atoms with van der Waals surface area (Å²) >= 11 is 5.89. The number of aliphatic hydroxyl groups excluding tert-OH is 1. The van der Waals surface area contributed by atoms with Gasteiger partial charge in [-0.3, -0.25) is 9.78 Å². The highest BCUT2D eigenvalue weighted by atomic mass is 35.5. The zero-order valence-electron chi connectivity index (χ0n) is 11.1. The Kier molecular flexibility index (Phi) is 5.33. The fourth-order valence-electron chi connectivity index (χ4n) is 1.71. The summed E-state index contributed by atoms with van der Waals surface area (Å²) in [7, 11) is 0. The van der Waals surface area contributed by atoms with Crippen molar-refractivity contribution in [3.05, 3.63) is 64.4 Å². The number of halogens is 1. The molecule has 0 fully saturated rings. The van der Waals surface area contributed by atoms with Gasteiger partial charge in [0.2, 0.25) is 0 Å². The van der Waals surface area contributed by atoms with Crippen molar-refractivity contribution in [2.75, 3.05) is 6.61 Å². The molecule has 106 valence electrons. The molecule has 0 saturated carbocycles. The minimum Gasteiger partial charge on any atom is -0.384 e. The topological polar surface area (TPSA) is 62.2 Å². The second-order valence-corrected chi connectivity index (χ2v) is 4.67. The molecule has 1 amide bonds. The van der Waals surface area contributed by atoms with E-state index in [0.717, 1.165) is 5.56 Å². The Morgan fingerprint density at radius 3 is 2.95 bits per heavy atom. The van der Waals surface area contributed by atoms with Crippen LogP contribution in [0.1, 0.15) is 21.5 Å². The summed E-state index contributed by atoms with van der Waals surface area (Å²) in [4.78, 5) is 16.0. The van der Waals surface area contributed by atoms with Crippen molar-refractivity contribution >= 4 is 17.5 Å². The van der Waals surface area contributed by atoms with E-state index in [-0.39, 0.29) is 12.5 Å². The number of aliphatic hydroxyl groups is 1. The van der Waals surface area contributed by atoms with Crippen LogP contribution in [0.15, 0.2) is 42.7 Å². The molecule has 0 aliphatic carbocycles. The molecule has 21 heavy (non-hydrogen) atoms. The van der Waals surface area contributed by atoms with Crippen LogP contribution in [0.2, 0.25) is 5.02 Å². The molecule has 1 heterocycles. The second kappa shape index (κ2) is 7.44. The number of nitrogens with zero attached hydrogens (tertiary/aromatic N) is 1. The number of benzene rings is 1. The summed E-state index contributed by atoms with van der Waals surface area (Å²) in [5.41, 5.74) is 1.92. The Balaban J connectivity index is 2.03. The first-order valence-electron chi connectivity index (χ1n) is 6.26. The lowest BCUT2D eigenvalue weighted by atomic mass is 10.2. The minimum absolute atomic E-state index is 0.231. The van der Waals surface area contributed by atoms with E-state index >= 15 is 0 Å². The molecule has 2 rings (SSSR count). The van der Waals surface area contributed by atoms with E-state index in [1.807, 2.05) is 12.1 Å². The van der Waals surface area contributed by atoms with Gasteiger partial charge in [-0.05, 0) is 23.8 Å². The standard InChI is InChI=1S/C16H13ClN2O2/c17-15-5-1-3-13(8-15)10-19-16(21)14-7-12(4-2-6-20)9-18-11-14/h1,3,5,7-9,11,20H,6,10H2,(H,19,21). The van der Waals surface area contributed by atoms with Gasteiger partial charge in [0.05, 0.1) is 5.56 Å². The summed E-state index contributed by atoms with van der Waals surface area (Å²) in [6.07, 6.45) is 3.01. The summed E-state index contributed by atoms with van der Waals surface area (Å²) in [6.45, 7) is 0.150. The van der Waals surface area contributed by atoms with E-state index in [0.29, 0.717) is 22.7 Å². The number of carbonyl (C=O) groups is 1. The van der Waals surface area contributed by atoms with Gasteiger partial charge in [-0.15, -0.1) is 0 Å². The van der Waals surface area contributed by atoms with E-state index in [1.165, 1.54) is 12.4 Å². The number of amides is 1. The SMILES string of the molecule is O=C(NCc1cccc(Cl)c1)c1cncc(C#CCO)c1. The minimum atomic E-state index is -0.241. The lowest BCUT2D eigenvalue weighted by molar-refractivity contribution is 0.0950. The molecular weight excluding hydrogens is 288 g/mol. The van der Waals surface area contributed by atoms with Gasteiger partial charge in [-0.2, -0.15) is 0 Å². The van der Waals surface area contributed by atoms with E-state index in [1.54, 1.807) is 18.2 Å². The maximum absolute atomic E-state index is 12.0. The lowest BCUT2D eigenvalue weighted by Gasteiger charge is -2.06. The van der Waals surface area contributed by atoms with E-state index in [9.17, 15) is 4.79 Å². The fraction of sp³-hybridized carbons (Fsp3) is 0.125. The van der Waals surface area contributed by atoms with Gasteiger partial charge in [0.15, 0.2) is 0 Å². The molecule has 0 bridgehead atoms. The molecule has 0 unspecified atom stereocenters. The zero-order chi connectivity index (χ0) is 15.1. The van der Waals surface area contributed by atoms with Gasteiger partial charge in [0, 0.05) is 29.5 Å². The van der Waals surface area contributed by atoms with Gasteiger partial charge in [-0.25, -0.2) is 0 Å². The number of hydrogen-bond acceptors (Lipinski definition) is 3. The Morgan fingerprint density at radius 2 is 2.19 bits per heavy atom. The van der Waals surface area contributed by atoms with E-state index < -0.39 is 0 Å². The molecule has 0 aliphatic rings. The number of aromatic nitrogens is 1. The van der Waals surface area contributed by atoms with Crippen LogP contribution in [0.3, 0.4) is 0 Å². The lowest BCUT2D eigenvalue weighted by Crippen LogP contribution is -2.23. The third-order valence-electron chi connectivity index (χ3n) is 2.65. The Hall–Kier alpha value is -2.35. The predicted octanol–water partition coefficient (Wildman–Crippen LogP) is 2.01. The number of carbonyl (C=O) groups excluding carboxylic acids is 1. The summed E-state index contributed by atoms with van der Waals surface area (Å²) in [6, 6.07) is 8.91. The van der Waals surface area contributed by atoms with Gasteiger partial charge < -0.3 is 10.4 Å². The average Bonchev–Trinajstić information content (AvgIpc) is 2.51. The second-order valence-electron chi connectivity index (χ2n) is 4.23. The quantitative estimate of drug-likeness (QED) is 0.852. The molecule has 2 aromatic rings. The van der Waals surface area contributed by atoms with Crippen LogP contribution in [0, 0.1) is 11.8 Å². The van der Waals surface area contributed by atoms with Crippen LogP contribution >= 0.6 is 11.6 Å². The third kappa shape index (κ3) is 4.60. The van der Waals surface area contributed by atoms with Crippen molar-refractivity contribution in [1.82, 2.24) is 10.3 Å².